The number of benzene rings is 1. The van der Waals surface area contributed by atoms with Gasteiger partial charge < -0.3 is 35.4 Å². The lowest BCUT2D eigenvalue weighted by molar-refractivity contribution is -0.357. The first-order valence-corrected chi connectivity index (χ1v) is 5.75. The lowest BCUT2D eigenvalue weighted by Crippen LogP contribution is -2.63. The molecular formula is C12H16O7. The molecule has 7 heteroatoms. The van der Waals surface area contributed by atoms with Crippen LogP contribution in [0.1, 0.15) is 5.56 Å². The van der Waals surface area contributed by atoms with Crippen molar-refractivity contribution in [1.29, 1.82) is 0 Å². The predicted octanol–water partition coefficient (Wildman–Crippen LogP) is -1.99. The minimum Gasteiger partial charge on any atom is -0.508 e. The summed E-state index contributed by atoms with van der Waals surface area (Å²) in [6.07, 6.45) is -6.23. The average molecular weight is 272 g/mol. The normalized spacial score (nSPS) is 39.2. The molecule has 1 saturated heterocycles. The lowest BCUT2D eigenvalue weighted by atomic mass is 9.88. The summed E-state index contributed by atoms with van der Waals surface area (Å²) in [4.78, 5) is 0. The number of aliphatic hydroxyl groups is 5. The number of aliphatic hydroxyl groups excluding tert-OH is 4. The van der Waals surface area contributed by atoms with Crippen molar-refractivity contribution >= 4 is 0 Å². The van der Waals surface area contributed by atoms with Gasteiger partial charge in [-0.25, -0.2) is 0 Å². The topological polar surface area (TPSA) is 131 Å². The summed E-state index contributed by atoms with van der Waals surface area (Å²) in [6.45, 7) is -0.634. The van der Waals surface area contributed by atoms with Crippen LogP contribution in [0.5, 0.6) is 5.75 Å². The minimum absolute atomic E-state index is 0.0445. The molecule has 7 nitrogen and oxygen atoms in total. The van der Waals surface area contributed by atoms with Crippen LogP contribution in [-0.4, -0.2) is 61.7 Å². The van der Waals surface area contributed by atoms with Crippen LogP contribution in [0.3, 0.4) is 0 Å². The molecule has 1 aromatic carbocycles. The molecule has 1 fully saturated rings. The number of phenols is 1. The van der Waals surface area contributed by atoms with Gasteiger partial charge in [-0.3, -0.25) is 0 Å². The number of hydrogen-bond donors (Lipinski definition) is 6. The number of phenolic OH excluding ortho intramolecular Hbond substituents is 1. The van der Waals surface area contributed by atoms with E-state index in [0.29, 0.717) is 0 Å². The fraction of sp³-hybridized carbons (Fsp3) is 0.500. The Morgan fingerprint density at radius 2 is 1.63 bits per heavy atom. The third-order valence-electron chi connectivity index (χ3n) is 3.25. The maximum absolute atomic E-state index is 10.4. The highest BCUT2D eigenvalue weighted by molar-refractivity contribution is 5.30. The molecule has 1 aliphatic heterocycles. The molecule has 0 unspecified atom stereocenters. The van der Waals surface area contributed by atoms with Gasteiger partial charge in [0, 0.05) is 5.56 Å². The quantitative estimate of drug-likeness (QED) is 0.367. The molecule has 0 amide bonds. The van der Waals surface area contributed by atoms with Gasteiger partial charge in [0.2, 0.25) is 5.79 Å². The minimum atomic E-state index is -2.28. The summed E-state index contributed by atoms with van der Waals surface area (Å²) < 4.78 is 5.11. The predicted molar refractivity (Wildman–Crippen MR) is 62.0 cm³/mol. The largest absolute Gasteiger partial charge is 0.508 e. The Morgan fingerprint density at radius 1 is 1.05 bits per heavy atom. The van der Waals surface area contributed by atoms with E-state index in [1.54, 1.807) is 0 Å². The first kappa shape index (κ1) is 14.2. The summed E-state index contributed by atoms with van der Waals surface area (Å²) in [5.74, 6) is -2.32. The Labute approximate surface area is 108 Å². The van der Waals surface area contributed by atoms with E-state index in [1.807, 2.05) is 0 Å². The van der Waals surface area contributed by atoms with E-state index >= 15 is 0 Å². The molecule has 1 aromatic rings. The van der Waals surface area contributed by atoms with E-state index in [9.17, 15) is 25.5 Å². The van der Waals surface area contributed by atoms with Crippen LogP contribution in [0.2, 0.25) is 0 Å². The van der Waals surface area contributed by atoms with Gasteiger partial charge in [-0.05, 0) is 24.3 Å². The molecule has 19 heavy (non-hydrogen) atoms. The monoisotopic (exact) mass is 272 g/mol. The summed E-state index contributed by atoms with van der Waals surface area (Å²) in [5.41, 5.74) is 0.0854. The van der Waals surface area contributed by atoms with Crippen LogP contribution in [-0.2, 0) is 10.5 Å². The van der Waals surface area contributed by atoms with Gasteiger partial charge in [0.25, 0.3) is 0 Å². The van der Waals surface area contributed by atoms with Crippen LogP contribution in [0.15, 0.2) is 24.3 Å². The first-order valence-electron chi connectivity index (χ1n) is 5.75. The molecule has 0 saturated carbocycles. The van der Waals surface area contributed by atoms with Gasteiger partial charge in [-0.15, -0.1) is 0 Å². The van der Waals surface area contributed by atoms with Gasteiger partial charge in [0.15, 0.2) is 0 Å². The summed E-state index contributed by atoms with van der Waals surface area (Å²) >= 11 is 0. The number of ether oxygens (including phenoxy) is 1. The third kappa shape index (κ3) is 2.32. The SMILES string of the molecule is OC[C@H]1O[C@](O)(c2ccc(O)cc2)[C@H](O)[C@@H](O)[C@@H]1O. The van der Waals surface area contributed by atoms with E-state index in [0.717, 1.165) is 0 Å². The fourth-order valence-electron chi connectivity index (χ4n) is 2.09. The Hall–Kier alpha value is -1.22. The van der Waals surface area contributed by atoms with Gasteiger partial charge in [-0.2, -0.15) is 0 Å². The zero-order chi connectivity index (χ0) is 14.2. The average Bonchev–Trinajstić information content (AvgIpc) is 2.41. The Balaban J connectivity index is 2.37. The van der Waals surface area contributed by atoms with Crippen molar-refractivity contribution in [1.82, 2.24) is 0 Å². The molecular weight excluding hydrogens is 256 g/mol. The third-order valence-corrected chi connectivity index (χ3v) is 3.25. The summed E-state index contributed by atoms with van der Waals surface area (Å²) in [6, 6.07) is 5.15. The first-order chi connectivity index (χ1) is 8.90. The number of aromatic hydroxyl groups is 1. The van der Waals surface area contributed by atoms with Gasteiger partial charge in [-0.1, -0.05) is 0 Å². The summed E-state index contributed by atoms with van der Waals surface area (Å²) in [5, 5.41) is 57.8. The van der Waals surface area contributed by atoms with Crippen molar-refractivity contribution in [3.8, 4) is 5.75 Å². The van der Waals surface area contributed by atoms with Crippen molar-refractivity contribution in [3.63, 3.8) is 0 Å². The van der Waals surface area contributed by atoms with Crippen LogP contribution in [0.4, 0.5) is 0 Å². The molecule has 1 heterocycles. The van der Waals surface area contributed by atoms with Crippen LogP contribution in [0, 0.1) is 0 Å². The molecule has 0 spiro atoms. The van der Waals surface area contributed by atoms with Crippen LogP contribution >= 0.6 is 0 Å². The molecule has 5 atom stereocenters. The molecule has 0 aliphatic carbocycles. The highest BCUT2D eigenvalue weighted by Crippen LogP contribution is 2.36. The van der Waals surface area contributed by atoms with Crippen molar-refractivity contribution in [3.05, 3.63) is 29.8 Å². The number of hydrogen-bond acceptors (Lipinski definition) is 7. The fourth-order valence-corrected chi connectivity index (χ4v) is 2.09. The highest BCUT2D eigenvalue weighted by atomic mass is 16.7. The second kappa shape index (κ2) is 5.04. The van der Waals surface area contributed by atoms with Crippen molar-refractivity contribution < 1.29 is 35.4 Å². The van der Waals surface area contributed by atoms with Crippen LogP contribution < -0.4 is 0 Å². The number of rotatable bonds is 2. The maximum Gasteiger partial charge on any atom is 0.222 e. The Kier molecular flexibility index (Phi) is 3.77. The van der Waals surface area contributed by atoms with Gasteiger partial charge in [0.05, 0.1) is 6.61 Å². The molecule has 1 aliphatic rings. The second-order valence-corrected chi connectivity index (χ2v) is 4.51. The molecule has 0 bridgehead atoms. The maximum atomic E-state index is 10.4. The lowest BCUT2D eigenvalue weighted by Gasteiger charge is -2.45. The van der Waals surface area contributed by atoms with E-state index < -0.39 is 36.8 Å². The van der Waals surface area contributed by atoms with Gasteiger partial charge >= 0.3 is 0 Å². The zero-order valence-electron chi connectivity index (χ0n) is 9.92. The zero-order valence-corrected chi connectivity index (χ0v) is 9.92. The Morgan fingerprint density at radius 3 is 2.16 bits per heavy atom. The molecule has 0 aromatic heterocycles. The standard InChI is InChI=1S/C12H16O7/c13-5-8-9(15)10(16)11(17)12(18,19-8)6-1-3-7(14)4-2-6/h1-4,8-11,13-18H,5H2/t8-,9-,10+,11-,12-/m1/s1. The molecule has 106 valence electrons. The smallest absolute Gasteiger partial charge is 0.222 e. The highest BCUT2D eigenvalue weighted by Gasteiger charge is 2.53. The van der Waals surface area contributed by atoms with E-state index in [4.69, 9.17) is 9.84 Å². The summed E-state index contributed by atoms with van der Waals surface area (Å²) in [7, 11) is 0. The van der Waals surface area contributed by atoms with E-state index in [1.165, 1.54) is 24.3 Å². The van der Waals surface area contributed by atoms with Crippen LogP contribution in [0.25, 0.3) is 0 Å². The molecule has 2 rings (SSSR count). The molecule has 0 radical (unpaired) electrons. The van der Waals surface area contributed by atoms with E-state index in [-0.39, 0.29) is 11.3 Å². The van der Waals surface area contributed by atoms with Crippen molar-refractivity contribution in [2.75, 3.05) is 6.61 Å². The van der Waals surface area contributed by atoms with Crippen molar-refractivity contribution in [2.45, 2.75) is 30.2 Å². The van der Waals surface area contributed by atoms with Crippen molar-refractivity contribution in [2.24, 2.45) is 0 Å². The molecule has 6 N–H and O–H groups in total. The van der Waals surface area contributed by atoms with E-state index in [2.05, 4.69) is 0 Å². The Bertz CT molecular complexity index is 432. The van der Waals surface area contributed by atoms with Gasteiger partial charge in [0.1, 0.15) is 30.2 Å². The second-order valence-electron chi connectivity index (χ2n) is 4.51.